The van der Waals surface area contributed by atoms with Crippen molar-refractivity contribution in [1.29, 1.82) is 0 Å². The molecule has 0 radical (unpaired) electrons. The minimum Gasteiger partial charge on any atom is -0.364 e. The molecular weight excluding hydrogens is 291 g/mol. The van der Waals surface area contributed by atoms with Gasteiger partial charge in [0.15, 0.2) is 0 Å². The molecule has 3 rings (SSSR count). The van der Waals surface area contributed by atoms with Crippen LogP contribution >= 0.6 is 11.6 Å². The Balaban J connectivity index is 2.50. The Labute approximate surface area is 125 Å². The number of carbonyl (C=O) groups is 1. The number of nitrogens with zero attached hydrogens (tertiary/aromatic N) is 1. The van der Waals surface area contributed by atoms with Crippen LogP contribution in [0.1, 0.15) is 10.5 Å². The Morgan fingerprint density at radius 3 is 2.62 bits per heavy atom. The highest BCUT2D eigenvalue weighted by Crippen LogP contribution is 2.36. The molecule has 5 heteroatoms. The van der Waals surface area contributed by atoms with Gasteiger partial charge in [0.25, 0.3) is 5.91 Å². The molecule has 0 saturated heterocycles. The van der Waals surface area contributed by atoms with Crippen LogP contribution in [0.3, 0.4) is 0 Å². The van der Waals surface area contributed by atoms with Crippen molar-refractivity contribution in [3.8, 4) is 11.1 Å². The van der Waals surface area contributed by atoms with E-state index in [1.807, 2.05) is 0 Å². The van der Waals surface area contributed by atoms with Crippen LogP contribution in [0.15, 0.2) is 42.5 Å². The number of rotatable bonds is 2. The number of carbonyl (C=O) groups excluding carboxylic acids is 1. The summed E-state index contributed by atoms with van der Waals surface area (Å²) >= 11 is 6.04. The van der Waals surface area contributed by atoms with Gasteiger partial charge in [-0.3, -0.25) is 4.79 Å². The summed E-state index contributed by atoms with van der Waals surface area (Å²) in [5.74, 6) is -1.02. The Bertz CT molecular complexity index is 870. The van der Waals surface area contributed by atoms with E-state index in [0.717, 1.165) is 5.52 Å². The monoisotopic (exact) mass is 302 g/mol. The maximum absolute atomic E-state index is 14.2. The largest absolute Gasteiger partial charge is 0.364 e. The third-order valence-corrected chi connectivity index (χ3v) is 3.77. The van der Waals surface area contributed by atoms with E-state index >= 15 is 0 Å². The fourth-order valence-electron chi connectivity index (χ4n) is 2.64. The second kappa shape index (κ2) is 4.90. The van der Waals surface area contributed by atoms with Gasteiger partial charge in [0.2, 0.25) is 0 Å². The lowest BCUT2D eigenvalue weighted by molar-refractivity contribution is 0.0993. The fraction of sp³-hybridized carbons (Fsp3) is 0.0625. The lowest BCUT2D eigenvalue weighted by atomic mass is 10.0. The van der Waals surface area contributed by atoms with E-state index < -0.39 is 11.7 Å². The highest BCUT2D eigenvalue weighted by atomic mass is 35.5. The van der Waals surface area contributed by atoms with Crippen LogP contribution in [0, 0.1) is 5.82 Å². The van der Waals surface area contributed by atoms with Gasteiger partial charge in [0.05, 0.1) is 0 Å². The molecule has 0 atom stereocenters. The zero-order valence-electron chi connectivity index (χ0n) is 11.2. The van der Waals surface area contributed by atoms with E-state index in [9.17, 15) is 9.18 Å². The van der Waals surface area contributed by atoms with Crippen LogP contribution in [0.25, 0.3) is 22.0 Å². The zero-order valence-corrected chi connectivity index (χ0v) is 12.0. The van der Waals surface area contributed by atoms with Crippen LogP contribution < -0.4 is 5.73 Å². The molecule has 0 spiro atoms. The molecule has 2 aromatic carbocycles. The van der Waals surface area contributed by atoms with E-state index in [1.165, 1.54) is 6.07 Å². The molecule has 1 heterocycles. The van der Waals surface area contributed by atoms with Crippen LogP contribution in [0.4, 0.5) is 4.39 Å². The molecular formula is C16H12ClFN2O. The molecule has 0 saturated carbocycles. The number of amides is 1. The second-order valence-corrected chi connectivity index (χ2v) is 5.22. The van der Waals surface area contributed by atoms with Crippen molar-refractivity contribution in [3.63, 3.8) is 0 Å². The number of hydrogen-bond acceptors (Lipinski definition) is 1. The predicted molar refractivity (Wildman–Crippen MR) is 81.8 cm³/mol. The molecule has 21 heavy (non-hydrogen) atoms. The van der Waals surface area contributed by atoms with Crippen molar-refractivity contribution < 1.29 is 9.18 Å². The first-order valence-electron chi connectivity index (χ1n) is 6.33. The number of hydrogen-bond donors (Lipinski definition) is 1. The molecule has 1 aromatic heterocycles. The molecule has 0 bridgehead atoms. The van der Waals surface area contributed by atoms with Gasteiger partial charge in [0.1, 0.15) is 11.5 Å². The second-order valence-electron chi connectivity index (χ2n) is 4.79. The summed E-state index contributed by atoms with van der Waals surface area (Å²) in [6.07, 6.45) is 0. The number of halogens is 2. The summed E-state index contributed by atoms with van der Waals surface area (Å²) in [6.45, 7) is 0. The van der Waals surface area contributed by atoms with Crippen LogP contribution in [-0.2, 0) is 7.05 Å². The topological polar surface area (TPSA) is 48.0 Å². The predicted octanol–water partition coefficient (Wildman–Crippen LogP) is 3.74. The summed E-state index contributed by atoms with van der Waals surface area (Å²) in [7, 11) is 1.72. The number of aromatic nitrogens is 1. The third kappa shape index (κ3) is 2.08. The summed E-state index contributed by atoms with van der Waals surface area (Å²) in [5.41, 5.74) is 7.33. The Kier molecular flexibility index (Phi) is 3.18. The van der Waals surface area contributed by atoms with Crippen LogP contribution in [0.5, 0.6) is 0 Å². The normalized spacial score (nSPS) is 11.0. The molecule has 0 aliphatic carbocycles. The summed E-state index contributed by atoms with van der Waals surface area (Å²) in [4.78, 5) is 11.8. The Morgan fingerprint density at radius 2 is 1.95 bits per heavy atom. The Hall–Kier alpha value is -2.33. The number of nitrogens with two attached hydrogens (primary N) is 1. The first kappa shape index (κ1) is 13.6. The molecule has 2 N–H and O–H groups in total. The summed E-state index contributed by atoms with van der Waals surface area (Å²) in [5, 5.41) is 1.21. The van der Waals surface area contributed by atoms with Gasteiger partial charge < -0.3 is 10.3 Å². The van der Waals surface area contributed by atoms with Gasteiger partial charge in [-0.15, -0.1) is 0 Å². The summed E-state index contributed by atoms with van der Waals surface area (Å²) < 4.78 is 15.8. The van der Waals surface area contributed by atoms with Crippen molar-refractivity contribution in [2.24, 2.45) is 12.8 Å². The van der Waals surface area contributed by atoms with E-state index in [4.69, 9.17) is 17.3 Å². The fourth-order valence-corrected chi connectivity index (χ4v) is 2.81. The zero-order chi connectivity index (χ0) is 15.1. The number of primary amides is 1. The molecule has 106 valence electrons. The van der Waals surface area contributed by atoms with Gasteiger partial charge >= 0.3 is 0 Å². The number of fused-ring (bicyclic) bond motifs is 1. The van der Waals surface area contributed by atoms with E-state index in [0.29, 0.717) is 21.5 Å². The minimum atomic E-state index is -0.608. The molecule has 3 aromatic rings. The van der Waals surface area contributed by atoms with Crippen molar-refractivity contribution in [3.05, 3.63) is 59.0 Å². The first-order valence-corrected chi connectivity index (χ1v) is 6.71. The van der Waals surface area contributed by atoms with E-state index in [2.05, 4.69) is 0 Å². The minimum absolute atomic E-state index is 0.261. The van der Waals surface area contributed by atoms with E-state index in [-0.39, 0.29) is 5.69 Å². The molecule has 0 aliphatic heterocycles. The summed E-state index contributed by atoms with van der Waals surface area (Å²) in [6, 6.07) is 11.5. The molecule has 1 amide bonds. The SMILES string of the molecule is Cn1c(C(N)=O)c(-c2ccccc2F)c2cc(Cl)ccc21. The maximum atomic E-state index is 14.2. The van der Waals surface area contributed by atoms with Crippen molar-refractivity contribution >= 4 is 28.4 Å². The highest BCUT2D eigenvalue weighted by molar-refractivity contribution is 6.31. The Morgan fingerprint density at radius 1 is 1.24 bits per heavy atom. The van der Waals surface area contributed by atoms with E-state index in [1.54, 1.807) is 48.0 Å². The molecule has 0 unspecified atom stereocenters. The standard InChI is InChI=1S/C16H12ClFN2O/c1-20-13-7-6-9(17)8-11(13)14(15(20)16(19)21)10-4-2-3-5-12(10)18/h2-8H,1H3,(H2,19,21). The van der Waals surface area contributed by atoms with Gasteiger partial charge in [-0.2, -0.15) is 0 Å². The smallest absolute Gasteiger partial charge is 0.266 e. The maximum Gasteiger partial charge on any atom is 0.266 e. The average molecular weight is 303 g/mol. The van der Waals surface area contributed by atoms with Crippen molar-refractivity contribution in [2.75, 3.05) is 0 Å². The molecule has 3 nitrogen and oxygen atoms in total. The first-order chi connectivity index (χ1) is 10.0. The molecule has 0 aliphatic rings. The lowest BCUT2D eigenvalue weighted by Gasteiger charge is -2.05. The quantitative estimate of drug-likeness (QED) is 0.770. The van der Waals surface area contributed by atoms with Crippen molar-refractivity contribution in [2.45, 2.75) is 0 Å². The highest BCUT2D eigenvalue weighted by Gasteiger charge is 2.22. The van der Waals surface area contributed by atoms with Gasteiger partial charge in [-0.05, 0) is 24.3 Å². The van der Waals surface area contributed by atoms with Crippen LogP contribution in [0.2, 0.25) is 5.02 Å². The van der Waals surface area contributed by atoms with Gasteiger partial charge in [-0.1, -0.05) is 29.8 Å². The third-order valence-electron chi connectivity index (χ3n) is 3.54. The van der Waals surface area contributed by atoms with Gasteiger partial charge in [-0.25, -0.2) is 4.39 Å². The van der Waals surface area contributed by atoms with Crippen molar-refractivity contribution in [1.82, 2.24) is 4.57 Å². The number of aryl methyl sites for hydroxylation is 1. The van der Waals surface area contributed by atoms with Gasteiger partial charge in [0, 0.05) is 34.1 Å². The lowest BCUT2D eigenvalue weighted by Crippen LogP contribution is -2.16. The van der Waals surface area contributed by atoms with Crippen LogP contribution in [-0.4, -0.2) is 10.5 Å². The number of benzene rings is 2. The average Bonchev–Trinajstić information content (AvgIpc) is 2.72. The molecule has 0 fully saturated rings.